The second kappa shape index (κ2) is 6.54. The number of carbonyl (C=O) groups excluding carboxylic acids is 2. The van der Waals surface area contributed by atoms with Crippen molar-refractivity contribution in [2.45, 2.75) is 46.1 Å². The zero-order valence-corrected chi connectivity index (χ0v) is 13.8. The topological polar surface area (TPSA) is 90.7 Å². The van der Waals surface area contributed by atoms with E-state index in [1.54, 1.807) is 0 Å². The number of hydrogen-bond acceptors (Lipinski definition) is 4. The molecule has 0 unspecified atom stereocenters. The summed E-state index contributed by atoms with van der Waals surface area (Å²) in [7, 11) is 0. The van der Waals surface area contributed by atoms with Crippen molar-refractivity contribution in [3.63, 3.8) is 0 Å². The predicted octanol–water partition coefficient (Wildman–Crippen LogP) is 0.836. The monoisotopic (exact) mass is 312 g/mol. The molecule has 0 aliphatic heterocycles. The van der Waals surface area contributed by atoms with Crippen LogP contribution in [-0.2, 0) is 19.1 Å². The van der Waals surface area contributed by atoms with Gasteiger partial charge in [0.2, 0.25) is 11.8 Å². The molecular weight excluding hydrogens is 284 g/mol. The number of nitrogens with two attached hydrogens (primary N) is 1. The number of amides is 2. The van der Waals surface area contributed by atoms with Gasteiger partial charge in [-0.05, 0) is 36.0 Å². The third kappa shape index (κ3) is 3.27. The highest BCUT2D eigenvalue weighted by molar-refractivity contribution is 5.77. The van der Waals surface area contributed by atoms with Crippen LogP contribution in [0.3, 0.4) is 0 Å². The predicted molar refractivity (Wildman–Crippen MR) is 82.0 cm³/mol. The first-order chi connectivity index (χ1) is 10.3. The van der Waals surface area contributed by atoms with Crippen LogP contribution in [0.15, 0.2) is 0 Å². The molecule has 0 saturated heterocycles. The molecular formula is C16H28N2O4. The number of ether oxygens (including phenoxy) is 2. The van der Waals surface area contributed by atoms with Crippen LogP contribution >= 0.6 is 0 Å². The second-order valence-electron chi connectivity index (χ2n) is 7.30. The maximum absolute atomic E-state index is 12.0. The van der Waals surface area contributed by atoms with E-state index in [0.29, 0.717) is 5.92 Å². The van der Waals surface area contributed by atoms with Crippen LogP contribution < -0.4 is 11.1 Å². The number of primary amides is 1. The summed E-state index contributed by atoms with van der Waals surface area (Å²) >= 11 is 0. The highest BCUT2D eigenvalue weighted by Gasteiger charge is 2.61. The molecule has 6 nitrogen and oxygen atoms in total. The number of fused-ring (bicyclic) bond motifs is 2. The normalized spacial score (nSPS) is 32.1. The molecule has 2 aliphatic carbocycles. The van der Waals surface area contributed by atoms with Crippen LogP contribution in [0, 0.1) is 16.7 Å². The molecule has 0 radical (unpaired) electrons. The molecule has 3 N–H and O–H groups in total. The van der Waals surface area contributed by atoms with E-state index in [0.717, 1.165) is 6.42 Å². The Morgan fingerprint density at radius 3 is 2.32 bits per heavy atom. The second-order valence-corrected chi connectivity index (χ2v) is 7.30. The Morgan fingerprint density at radius 1 is 1.18 bits per heavy atom. The van der Waals surface area contributed by atoms with E-state index in [1.807, 2.05) is 0 Å². The smallest absolute Gasteiger partial charge is 0.246 e. The van der Waals surface area contributed by atoms with Crippen LogP contribution in [-0.4, -0.2) is 44.3 Å². The van der Waals surface area contributed by atoms with Crippen molar-refractivity contribution in [2.75, 3.05) is 26.4 Å². The summed E-state index contributed by atoms with van der Waals surface area (Å²) in [5, 5.41) is 3.14. The van der Waals surface area contributed by atoms with Gasteiger partial charge in [0, 0.05) is 6.04 Å². The van der Waals surface area contributed by atoms with Gasteiger partial charge in [0.1, 0.15) is 13.2 Å². The fourth-order valence-electron chi connectivity index (χ4n) is 4.11. The van der Waals surface area contributed by atoms with Crippen LogP contribution in [0.5, 0.6) is 0 Å². The Bertz CT molecular complexity index is 438. The molecule has 0 spiro atoms. The van der Waals surface area contributed by atoms with Gasteiger partial charge in [0.25, 0.3) is 0 Å². The summed E-state index contributed by atoms with van der Waals surface area (Å²) in [5.41, 5.74) is 5.41. The first-order valence-electron chi connectivity index (χ1n) is 8.00. The summed E-state index contributed by atoms with van der Waals surface area (Å²) < 4.78 is 10.2. The van der Waals surface area contributed by atoms with Crippen LogP contribution in [0.1, 0.15) is 40.0 Å². The molecule has 0 aromatic carbocycles. The zero-order valence-electron chi connectivity index (χ0n) is 13.8. The van der Waals surface area contributed by atoms with Gasteiger partial charge in [-0.25, -0.2) is 0 Å². The first-order valence-corrected chi connectivity index (χ1v) is 8.00. The SMILES string of the molecule is CC1(C)[C@@H]2CC[C@@]1(C)[C@H](NC(=O)COCCOCC(N)=O)C2. The van der Waals surface area contributed by atoms with E-state index in [4.69, 9.17) is 15.2 Å². The van der Waals surface area contributed by atoms with E-state index in [1.165, 1.54) is 12.8 Å². The van der Waals surface area contributed by atoms with Crippen LogP contribution in [0.25, 0.3) is 0 Å². The third-order valence-electron chi connectivity index (χ3n) is 5.98. The highest BCUT2D eigenvalue weighted by Crippen LogP contribution is 2.65. The Hall–Kier alpha value is -1.14. The maximum atomic E-state index is 12.0. The van der Waals surface area contributed by atoms with Gasteiger partial charge in [0.15, 0.2) is 0 Å². The molecule has 2 rings (SSSR count). The van der Waals surface area contributed by atoms with Gasteiger partial charge in [-0.2, -0.15) is 0 Å². The molecule has 2 aliphatic rings. The number of hydrogen-bond donors (Lipinski definition) is 2. The van der Waals surface area contributed by atoms with Gasteiger partial charge in [-0.3, -0.25) is 9.59 Å². The van der Waals surface area contributed by atoms with Gasteiger partial charge >= 0.3 is 0 Å². The third-order valence-corrected chi connectivity index (χ3v) is 5.98. The molecule has 6 heteroatoms. The Labute approximate surface area is 132 Å². The van der Waals surface area contributed by atoms with Crippen molar-refractivity contribution in [1.82, 2.24) is 5.32 Å². The molecule has 2 bridgehead atoms. The maximum Gasteiger partial charge on any atom is 0.246 e. The van der Waals surface area contributed by atoms with Crippen molar-refractivity contribution < 1.29 is 19.1 Å². The first kappa shape index (κ1) is 17.2. The van der Waals surface area contributed by atoms with E-state index < -0.39 is 5.91 Å². The van der Waals surface area contributed by atoms with Gasteiger partial charge in [0.05, 0.1) is 13.2 Å². The minimum Gasteiger partial charge on any atom is -0.369 e. The average molecular weight is 312 g/mol. The zero-order chi connectivity index (χ0) is 16.4. The minimum atomic E-state index is -0.509. The summed E-state index contributed by atoms with van der Waals surface area (Å²) in [5.74, 6) is 0.111. The number of nitrogens with one attached hydrogen (secondary N) is 1. The summed E-state index contributed by atoms with van der Waals surface area (Å²) in [6.07, 6.45) is 3.51. The Kier molecular flexibility index (Phi) is 5.12. The molecule has 0 heterocycles. The lowest BCUT2D eigenvalue weighted by atomic mass is 9.69. The van der Waals surface area contributed by atoms with Gasteiger partial charge < -0.3 is 20.5 Å². The Morgan fingerprint density at radius 2 is 1.82 bits per heavy atom. The lowest BCUT2D eigenvalue weighted by Gasteiger charge is -2.39. The lowest BCUT2D eigenvalue weighted by molar-refractivity contribution is -0.129. The van der Waals surface area contributed by atoms with Crippen molar-refractivity contribution in [3.05, 3.63) is 0 Å². The Balaban J connectivity index is 1.67. The molecule has 126 valence electrons. The minimum absolute atomic E-state index is 0.0254. The molecule has 3 atom stereocenters. The van der Waals surface area contributed by atoms with Gasteiger partial charge in [-0.15, -0.1) is 0 Å². The summed E-state index contributed by atoms with van der Waals surface area (Å²) in [4.78, 5) is 22.5. The lowest BCUT2D eigenvalue weighted by Crippen LogP contribution is -2.47. The summed E-state index contributed by atoms with van der Waals surface area (Å²) in [6, 6.07) is 0.239. The molecule has 2 amide bonds. The van der Waals surface area contributed by atoms with E-state index >= 15 is 0 Å². The fraction of sp³-hybridized carbons (Fsp3) is 0.875. The number of rotatable bonds is 8. The van der Waals surface area contributed by atoms with Crippen molar-refractivity contribution in [3.8, 4) is 0 Å². The molecule has 2 saturated carbocycles. The standard InChI is InChI=1S/C16H28N2O4/c1-15(2)11-4-5-16(15,3)12(8-11)18-14(20)10-22-7-6-21-9-13(17)19/h11-12H,4-10H2,1-3H3,(H2,17,19)(H,18,20)/t11-,12-,16+/m1/s1. The van der Waals surface area contributed by atoms with Crippen molar-refractivity contribution in [1.29, 1.82) is 0 Å². The van der Waals surface area contributed by atoms with Crippen LogP contribution in [0.2, 0.25) is 0 Å². The average Bonchev–Trinajstić information content (AvgIpc) is 2.75. The van der Waals surface area contributed by atoms with E-state index in [-0.39, 0.29) is 49.2 Å². The molecule has 22 heavy (non-hydrogen) atoms. The van der Waals surface area contributed by atoms with E-state index in [2.05, 4.69) is 26.1 Å². The molecule has 0 aromatic rings. The molecule has 0 aromatic heterocycles. The number of carbonyl (C=O) groups is 2. The molecule has 2 fully saturated rings. The largest absolute Gasteiger partial charge is 0.369 e. The van der Waals surface area contributed by atoms with E-state index in [9.17, 15) is 9.59 Å². The quantitative estimate of drug-likeness (QED) is 0.650. The van der Waals surface area contributed by atoms with Crippen LogP contribution in [0.4, 0.5) is 0 Å². The van der Waals surface area contributed by atoms with Crippen molar-refractivity contribution >= 4 is 11.8 Å². The van der Waals surface area contributed by atoms with Gasteiger partial charge in [-0.1, -0.05) is 20.8 Å². The highest BCUT2D eigenvalue weighted by atomic mass is 16.5. The summed E-state index contributed by atoms with van der Waals surface area (Å²) in [6.45, 7) is 7.38. The van der Waals surface area contributed by atoms with Crippen molar-refractivity contribution in [2.24, 2.45) is 22.5 Å². The fourth-order valence-corrected chi connectivity index (χ4v) is 4.11.